The maximum atomic E-state index is 12.6. The van der Waals surface area contributed by atoms with E-state index in [2.05, 4.69) is 10.0 Å². The van der Waals surface area contributed by atoms with Gasteiger partial charge in [0.25, 0.3) is 15.9 Å². The van der Waals surface area contributed by atoms with Crippen molar-refractivity contribution in [1.82, 2.24) is 0 Å². The van der Waals surface area contributed by atoms with Crippen LogP contribution in [0.15, 0.2) is 65.6 Å². The zero-order valence-corrected chi connectivity index (χ0v) is 19.0. The number of carbonyl (C=O) groups is 1. The maximum Gasteiger partial charge on any atom is 0.262 e. The van der Waals surface area contributed by atoms with Gasteiger partial charge in [-0.3, -0.25) is 9.52 Å². The number of aryl methyl sites for hydroxylation is 3. The monoisotopic (exact) mass is 458 g/mol. The molecule has 31 heavy (non-hydrogen) atoms. The Kier molecular flexibility index (Phi) is 6.87. The molecule has 0 aliphatic heterocycles. The molecule has 0 saturated carbocycles. The summed E-state index contributed by atoms with van der Waals surface area (Å²) in [5.41, 5.74) is 3.92. The standard InChI is InChI=1S/C23H23ClN2O4S/c1-15-7-8-18(13-21(15)24)26-31(28,29)20-11-9-19(10-12-20)30-14-22(27)25-23-16(2)5-4-6-17(23)3/h4-13,26H,14H2,1-3H3,(H,25,27). The van der Waals surface area contributed by atoms with Crippen LogP contribution < -0.4 is 14.8 Å². The summed E-state index contributed by atoms with van der Waals surface area (Å²) in [4.78, 5) is 12.3. The van der Waals surface area contributed by atoms with Gasteiger partial charge in [0, 0.05) is 10.7 Å². The first-order chi connectivity index (χ1) is 14.7. The summed E-state index contributed by atoms with van der Waals surface area (Å²) < 4.78 is 33.1. The van der Waals surface area contributed by atoms with E-state index in [0.717, 1.165) is 22.4 Å². The van der Waals surface area contributed by atoms with Crippen LogP contribution in [0.3, 0.4) is 0 Å². The summed E-state index contributed by atoms with van der Waals surface area (Å²) >= 11 is 6.05. The van der Waals surface area contributed by atoms with E-state index >= 15 is 0 Å². The molecule has 3 aromatic carbocycles. The van der Waals surface area contributed by atoms with Crippen LogP contribution in [0.1, 0.15) is 16.7 Å². The molecule has 8 heteroatoms. The number of hydrogen-bond donors (Lipinski definition) is 2. The second kappa shape index (κ2) is 9.41. The minimum absolute atomic E-state index is 0.0662. The molecule has 2 N–H and O–H groups in total. The van der Waals surface area contributed by atoms with Gasteiger partial charge in [0.05, 0.1) is 10.6 Å². The van der Waals surface area contributed by atoms with Crippen LogP contribution in [-0.4, -0.2) is 20.9 Å². The Balaban J connectivity index is 1.61. The minimum Gasteiger partial charge on any atom is -0.484 e. The van der Waals surface area contributed by atoms with Crippen molar-refractivity contribution in [1.29, 1.82) is 0 Å². The number of rotatable bonds is 7. The van der Waals surface area contributed by atoms with Gasteiger partial charge >= 0.3 is 0 Å². The van der Waals surface area contributed by atoms with E-state index in [0.29, 0.717) is 16.5 Å². The number of halogens is 1. The molecule has 0 unspecified atom stereocenters. The minimum atomic E-state index is -3.78. The Hall–Kier alpha value is -3.03. The summed E-state index contributed by atoms with van der Waals surface area (Å²) in [7, 11) is -3.78. The average Bonchev–Trinajstić information content (AvgIpc) is 2.72. The van der Waals surface area contributed by atoms with Crippen LogP contribution in [0, 0.1) is 20.8 Å². The molecule has 0 aromatic heterocycles. The Morgan fingerprint density at radius 2 is 1.58 bits per heavy atom. The maximum absolute atomic E-state index is 12.6. The molecule has 0 aliphatic rings. The van der Waals surface area contributed by atoms with Crippen molar-refractivity contribution in [2.45, 2.75) is 25.7 Å². The summed E-state index contributed by atoms with van der Waals surface area (Å²) in [5.74, 6) is 0.0843. The zero-order chi connectivity index (χ0) is 22.6. The van der Waals surface area contributed by atoms with E-state index in [4.69, 9.17) is 16.3 Å². The third-order valence-corrected chi connectivity index (χ3v) is 6.48. The zero-order valence-electron chi connectivity index (χ0n) is 17.4. The number of amides is 1. The summed E-state index contributed by atoms with van der Waals surface area (Å²) in [6, 6.07) is 16.5. The van der Waals surface area contributed by atoms with E-state index in [9.17, 15) is 13.2 Å². The fourth-order valence-corrected chi connectivity index (χ4v) is 4.15. The lowest BCUT2D eigenvalue weighted by Crippen LogP contribution is -2.21. The molecule has 3 aromatic rings. The highest BCUT2D eigenvalue weighted by atomic mass is 35.5. The lowest BCUT2D eigenvalue weighted by Gasteiger charge is -2.12. The van der Waals surface area contributed by atoms with Crippen molar-refractivity contribution < 1.29 is 17.9 Å². The lowest BCUT2D eigenvalue weighted by molar-refractivity contribution is -0.118. The lowest BCUT2D eigenvalue weighted by atomic mass is 10.1. The first-order valence-electron chi connectivity index (χ1n) is 9.53. The Labute approximate surface area is 187 Å². The molecule has 0 radical (unpaired) electrons. The Morgan fingerprint density at radius 1 is 0.935 bits per heavy atom. The van der Waals surface area contributed by atoms with Gasteiger partial charge in [-0.05, 0) is 73.9 Å². The molecule has 0 aliphatic carbocycles. The topological polar surface area (TPSA) is 84.5 Å². The molecule has 3 rings (SSSR count). The molecule has 0 spiro atoms. The summed E-state index contributed by atoms with van der Waals surface area (Å²) in [6.07, 6.45) is 0. The van der Waals surface area contributed by atoms with Crippen LogP contribution in [-0.2, 0) is 14.8 Å². The fraction of sp³-hybridized carbons (Fsp3) is 0.174. The number of sulfonamides is 1. The number of nitrogens with one attached hydrogen (secondary N) is 2. The highest BCUT2D eigenvalue weighted by Crippen LogP contribution is 2.24. The Bertz CT molecular complexity index is 1190. The average molecular weight is 459 g/mol. The first kappa shape index (κ1) is 22.7. The van der Waals surface area contributed by atoms with Crippen LogP contribution in [0.5, 0.6) is 5.75 Å². The third kappa shape index (κ3) is 5.77. The smallest absolute Gasteiger partial charge is 0.262 e. The number of carbonyl (C=O) groups excluding carboxylic acids is 1. The molecule has 0 fully saturated rings. The quantitative estimate of drug-likeness (QED) is 0.516. The van der Waals surface area contributed by atoms with Gasteiger partial charge in [0.2, 0.25) is 0 Å². The van der Waals surface area contributed by atoms with Gasteiger partial charge in [-0.25, -0.2) is 8.42 Å². The summed E-state index contributed by atoms with van der Waals surface area (Å²) in [6.45, 7) is 5.48. The number of ether oxygens (including phenoxy) is 1. The third-order valence-electron chi connectivity index (χ3n) is 4.67. The molecule has 0 bridgehead atoms. The van der Waals surface area contributed by atoms with Crippen molar-refractivity contribution in [3.8, 4) is 5.75 Å². The van der Waals surface area contributed by atoms with E-state index in [1.807, 2.05) is 39.0 Å². The van der Waals surface area contributed by atoms with Gasteiger partial charge in [-0.15, -0.1) is 0 Å². The molecular formula is C23H23ClN2O4S. The molecular weight excluding hydrogens is 436 g/mol. The van der Waals surface area contributed by atoms with Gasteiger partial charge in [0.15, 0.2) is 6.61 Å². The van der Waals surface area contributed by atoms with Crippen molar-refractivity contribution in [2.75, 3.05) is 16.6 Å². The molecule has 6 nitrogen and oxygen atoms in total. The fourth-order valence-electron chi connectivity index (χ4n) is 2.92. The molecule has 1 amide bonds. The number of anilines is 2. The van der Waals surface area contributed by atoms with Crippen LogP contribution in [0.4, 0.5) is 11.4 Å². The molecule has 162 valence electrons. The van der Waals surface area contributed by atoms with Crippen molar-refractivity contribution in [3.05, 3.63) is 82.4 Å². The van der Waals surface area contributed by atoms with Crippen molar-refractivity contribution >= 4 is 38.9 Å². The van der Waals surface area contributed by atoms with E-state index in [1.165, 1.54) is 24.3 Å². The van der Waals surface area contributed by atoms with Gasteiger partial charge in [-0.1, -0.05) is 35.9 Å². The van der Waals surface area contributed by atoms with Gasteiger partial charge < -0.3 is 10.1 Å². The molecule has 0 heterocycles. The van der Waals surface area contributed by atoms with Crippen LogP contribution in [0.25, 0.3) is 0 Å². The predicted molar refractivity (Wildman–Crippen MR) is 123 cm³/mol. The van der Waals surface area contributed by atoms with Crippen molar-refractivity contribution in [2.24, 2.45) is 0 Å². The number of benzene rings is 3. The van der Waals surface area contributed by atoms with E-state index in [-0.39, 0.29) is 17.4 Å². The highest BCUT2D eigenvalue weighted by Gasteiger charge is 2.15. The second-order valence-corrected chi connectivity index (χ2v) is 9.23. The van der Waals surface area contributed by atoms with Crippen LogP contribution >= 0.6 is 11.6 Å². The van der Waals surface area contributed by atoms with Gasteiger partial charge in [-0.2, -0.15) is 0 Å². The van der Waals surface area contributed by atoms with Crippen molar-refractivity contribution in [3.63, 3.8) is 0 Å². The second-order valence-electron chi connectivity index (χ2n) is 7.14. The SMILES string of the molecule is Cc1ccc(NS(=O)(=O)c2ccc(OCC(=O)Nc3c(C)cccc3C)cc2)cc1Cl. The Morgan fingerprint density at radius 3 is 2.19 bits per heavy atom. The van der Waals surface area contributed by atoms with E-state index in [1.54, 1.807) is 18.2 Å². The number of hydrogen-bond acceptors (Lipinski definition) is 4. The first-order valence-corrected chi connectivity index (χ1v) is 11.4. The normalized spacial score (nSPS) is 11.1. The predicted octanol–water partition coefficient (Wildman–Crippen LogP) is 5.08. The highest BCUT2D eigenvalue weighted by molar-refractivity contribution is 7.92. The summed E-state index contributed by atoms with van der Waals surface area (Å²) in [5, 5.41) is 3.31. The van der Waals surface area contributed by atoms with Crippen LogP contribution in [0.2, 0.25) is 5.02 Å². The molecule has 0 saturated heterocycles. The number of para-hydroxylation sites is 1. The van der Waals surface area contributed by atoms with E-state index < -0.39 is 10.0 Å². The largest absolute Gasteiger partial charge is 0.484 e. The molecule has 0 atom stereocenters. The van der Waals surface area contributed by atoms with Gasteiger partial charge in [0.1, 0.15) is 5.75 Å².